The molecular formula is C16H17FO3S. The lowest BCUT2D eigenvalue weighted by Crippen LogP contribution is -2.15. The lowest BCUT2D eigenvalue weighted by Gasteiger charge is -2.13. The smallest absolute Gasteiger partial charge is 0.181 e. The number of sulfone groups is 1. The maximum absolute atomic E-state index is 12.8. The van der Waals surface area contributed by atoms with Crippen molar-refractivity contribution in [1.82, 2.24) is 0 Å². The SMILES string of the molecule is Cc1cc(C)cc(C(O)CS(=O)(=O)c2ccc(F)cc2)c1. The minimum absolute atomic E-state index is 0.00678. The van der Waals surface area contributed by atoms with Gasteiger partial charge in [0, 0.05) is 0 Å². The fourth-order valence-electron chi connectivity index (χ4n) is 2.24. The first-order chi connectivity index (χ1) is 9.78. The van der Waals surface area contributed by atoms with Crippen LogP contribution in [0.3, 0.4) is 0 Å². The third-order valence-electron chi connectivity index (χ3n) is 3.18. The second-order valence-electron chi connectivity index (χ2n) is 5.17. The van der Waals surface area contributed by atoms with Crippen LogP contribution >= 0.6 is 0 Å². The number of hydrogen-bond donors (Lipinski definition) is 1. The largest absolute Gasteiger partial charge is 0.387 e. The molecule has 1 N–H and O–H groups in total. The van der Waals surface area contributed by atoms with Crippen molar-refractivity contribution < 1.29 is 17.9 Å². The minimum Gasteiger partial charge on any atom is -0.387 e. The van der Waals surface area contributed by atoms with Crippen molar-refractivity contribution in [3.63, 3.8) is 0 Å². The van der Waals surface area contributed by atoms with Gasteiger partial charge in [-0.05, 0) is 43.7 Å². The van der Waals surface area contributed by atoms with E-state index in [2.05, 4.69) is 0 Å². The van der Waals surface area contributed by atoms with Crippen LogP contribution in [0.4, 0.5) is 4.39 Å². The number of aryl methyl sites for hydroxylation is 2. The van der Waals surface area contributed by atoms with Crippen molar-refractivity contribution in [3.8, 4) is 0 Å². The fourth-order valence-corrected chi connectivity index (χ4v) is 3.60. The molecule has 0 fully saturated rings. The maximum Gasteiger partial charge on any atom is 0.181 e. The molecule has 0 saturated heterocycles. The number of hydrogen-bond acceptors (Lipinski definition) is 3. The maximum atomic E-state index is 12.8. The molecule has 0 aliphatic carbocycles. The molecule has 0 spiro atoms. The Hall–Kier alpha value is -1.72. The number of halogens is 1. The molecule has 0 amide bonds. The molecule has 0 saturated carbocycles. The number of aliphatic hydroxyl groups is 1. The molecule has 3 nitrogen and oxygen atoms in total. The molecule has 0 aliphatic heterocycles. The van der Waals surface area contributed by atoms with Crippen LogP contribution in [0.5, 0.6) is 0 Å². The summed E-state index contributed by atoms with van der Waals surface area (Å²) >= 11 is 0. The normalized spacial score (nSPS) is 13.1. The van der Waals surface area contributed by atoms with Crippen molar-refractivity contribution in [1.29, 1.82) is 0 Å². The van der Waals surface area contributed by atoms with Gasteiger partial charge in [-0.25, -0.2) is 12.8 Å². The topological polar surface area (TPSA) is 54.4 Å². The Labute approximate surface area is 124 Å². The lowest BCUT2D eigenvalue weighted by molar-refractivity contribution is 0.201. The van der Waals surface area contributed by atoms with Gasteiger partial charge in [-0.3, -0.25) is 0 Å². The first kappa shape index (κ1) is 15.7. The standard InChI is InChI=1S/C16H17FO3S/c1-11-7-12(2)9-13(8-11)16(18)10-21(19,20)15-5-3-14(17)4-6-15/h3-9,16,18H,10H2,1-2H3. The summed E-state index contributed by atoms with van der Waals surface area (Å²) in [5.74, 6) is -0.926. The van der Waals surface area contributed by atoms with E-state index in [-0.39, 0.29) is 4.90 Å². The van der Waals surface area contributed by atoms with Crippen LogP contribution in [-0.2, 0) is 9.84 Å². The van der Waals surface area contributed by atoms with Crippen LogP contribution in [0.15, 0.2) is 47.4 Å². The van der Waals surface area contributed by atoms with Crippen molar-refractivity contribution >= 4 is 9.84 Å². The Balaban J connectivity index is 2.25. The van der Waals surface area contributed by atoms with Gasteiger partial charge in [-0.2, -0.15) is 0 Å². The van der Waals surface area contributed by atoms with Crippen LogP contribution < -0.4 is 0 Å². The number of rotatable bonds is 4. The van der Waals surface area contributed by atoms with Crippen molar-refractivity contribution in [3.05, 3.63) is 65.0 Å². The van der Waals surface area contributed by atoms with Gasteiger partial charge >= 0.3 is 0 Å². The summed E-state index contributed by atoms with van der Waals surface area (Å²) in [5, 5.41) is 10.2. The molecule has 1 atom stereocenters. The molecule has 2 aromatic carbocycles. The van der Waals surface area contributed by atoms with Crippen molar-refractivity contribution in [2.75, 3.05) is 5.75 Å². The number of aliphatic hydroxyl groups excluding tert-OH is 1. The molecule has 0 aromatic heterocycles. The quantitative estimate of drug-likeness (QED) is 0.884. The van der Waals surface area contributed by atoms with Gasteiger partial charge in [0.2, 0.25) is 0 Å². The Morgan fingerprint density at radius 3 is 2.10 bits per heavy atom. The molecule has 2 rings (SSSR count). The summed E-state index contributed by atoms with van der Waals surface area (Å²) < 4.78 is 37.3. The summed E-state index contributed by atoms with van der Waals surface area (Å²) in [5.41, 5.74) is 2.49. The highest BCUT2D eigenvalue weighted by molar-refractivity contribution is 7.91. The van der Waals surface area contributed by atoms with Gasteiger partial charge in [0.05, 0.1) is 16.8 Å². The van der Waals surface area contributed by atoms with Gasteiger partial charge in [-0.15, -0.1) is 0 Å². The molecule has 2 aromatic rings. The van der Waals surface area contributed by atoms with E-state index in [4.69, 9.17) is 0 Å². The van der Waals surface area contributed by atoms with Gasteiger partial charge < -0.3 is 5.11 Å². The molecule has 112 valence electrons. The highest BCUT2D eigenvalue weighted by atomic mass is 32.2. The Kier molecular flexibility index (Phi) is 4.44. The average Bonchev–Trinajstić information content (AvgIpc) is 2.37. The van der Waals surface area contributed by atoms with E-state index in [1.807, 2.05) is 19.9 Å². The highest BCUT2D eigenvalue weighted by Gasteiger charge is 2.21. The Morgan fingerprint density at radius 2 is 1.57 bits per heavy atom. The van der Waals surface area contributed by atoms with Crippen LogP contribution in [0.1, 0.15) is 22.8 Å². The molecule has 5 heteroatoms. The predicted molar refractivity (Wildman–Crippen MR) is 79.3 cm³/mol. The van der Waals surface area contributed by atoms with E-state index < -0.39 is 27.5 Å². The summed E-state index contributed by atoms with van der Waals surface area (Å²) in [6, 6.07) is 10.1. The molecule has 0 radical (unpaired) electrons. The lowest BCUT2D eigenvalue weighted by atomic mass is 10.0. The van der Waals surface area contributed by atoms with E-state index in [9.17, 15) is 17.9 Å². The zero-order valence-electron chi connectivity index (χ0n) is 11.9. The summed E-state index contributed by atoms with van der Waals surface area (Å²) in [6.45, 7) is 3.77. The van der Waals surface area contributed by atoms with Gasteiger partial charge in [0.1, 0.15) is 5.82 Å². The predicted octanol–water partition coefficient (Wildman–Crippen LogP) is 2.95. The van der Waals surface area contributed by atoms with Crippen LogP contribution in [0.25, 0.3) is 0 Å². The zero-order valence-corrected chi connectivity index (χ0v) is 12.7. The molecule has 1 unspecified atom stereocenters. The molecular weight excluding hydrogens is 291 g/mol. The van der Waals surface area contributed by atoms with E-state index in [0.29, 0.717) is 5.56 Å². The Morgan fingerprint density at radius 1 is 1.05 bits per heavy atom. The highest BCUT2D eigenvalue weighted by Crippen LogP contribution is 2.22. The fraction of sp³-hybridized carbons (Fsp3) is 0.250. The van der Waals surface area contributed by atoms with E-state index in [1.54, 1.807) is 12.1 Å². The van der Waals surface area contributed by atoms with Crippen molar-refractivity contribution in [2.24, 2.45) is 0 Å². The summed E-state index contributed by atoms with van der Waals surface area (Å²) in [4.78, 5) is 0.00678. The van der Waals surface area contributed by atoms with E-state index in [1.165, 1.54) is 12.1 Å². The van der Waals surface area contributed by atoms with Crippen molar-refractivity contribution in [2.45, 2.75) is 24.8 Å². The number of benzene rings is 2. The van der Waals surface area contributed by atoms with Gasteiger partial charge in [0.15, 0.2) is 9.84 Å². The first-order valence-corrected chi connectivity index (χ1v) is 8.18. The third kappa shape index (κ3) is 3.89. The van der Waals surface area contributed by atoms with Crippen LogP contribution in [0.2, 0.25) is 0 Å². The molecule has 21 heavy (non-hydrogen) atoms. The second kappa shape index (κ2) is 5.95. The summed E-state index contributed by atoms with van der Waals surface area (Å²) in [7, 11) is -3.67. The van der Waals surface area contributed by atoms with Crippen LogP contribution in [-0.4, -0.2) is 19.3 Å². The van der Waals surface area contributed by atoms with Gasteiger partial charge in [0.25, 0.3) is 0 Å². The summed E-state index contributed by atoms with van der Waals surface area (Å²) in [6.07, 6.45) is -1.11. The second-order valence-corrected chi connectivity index (χ2v) is 7.21. The molecule has 0 aliphatic rings. The molecule has 0 bridgehead atoms. The zero-order chi connectivity index (χ0) is 15.6. The van der Waals surface area contributed by atoms with E-state index in [0.717, 1.165) is 23.3 Å². The van der Waals surface area contributed by atoms with Crippen LogP contribution in [0, 0.1) is 19.7 Å². The van der Waals surface area contributed by atoms with E-state index >= 15 is 0 Å². The third-order valence-corrected chi connectivity index (χ3v) is 4.92. The Bertz CT molecular complexity index is 716. The molecule has 0 heterocycles. The van der Waals surface area contributed by atoms with Gasteiger partial charge in [-0.1, -0.05) is 29.3 Å². The average molecular weight is 308 g/mol. The monoisotopic (exact) mass is 308 g/mol. The minimum atomic E-state index is -3.67. The first-order valence-electron chi connectivity index (χ1n) is 6.52.